The molecule has 0 fully saturated rings. The van der Waals surface area contributed by atoms with E-state index in [1.54, 1.807) is 12.3 Å². The van der Waals surface area contributed by atoms with Gasteiger partial charge in [0.15, 0.2) is 18.1 Å². The van der Waals surface area contributed by atoms with Gasteiger partial charge >= 0.3 is 0 Å². The molecule has 2 nitrogen and oxygen atoms in total. The predicted octanol–water partition coefficient (Wildman–Crippen LogP) is 1.61. The average Bonchev–Trinajstić information content (AvgIpc) is 2.11. The van der Waals surface area contributed by atoms with Gasteiger partial charge in [0.25, 0.3) is 0 Å². The van der Waals surface area contributed by atoms with E-state index in [1.165, 1.54) is 0 Å². The van der Waals surface area contributed by atoms with Crippen molar-refractivity contribution in [1.82, 2.24) is 0 Å². The summed E-state index contributed by atoms with van der Waals surface area (Å²) < 4.78 is 1.89. The Morgan fingerprint density at radius 3 is 3.00 bits per heavy atom. The highest BCUT2D eigenvalue weighted by Crippen LogP contribution is 2.15. The predicted molar refractivity (Wildman–Crippen MR) is 49.5 cm³/mol. The summed E-state index contributed by atoms with van der Waals surface area (Å²) in [6, 6.07) is 1.59. The van der Waals surface area contributed by atoms with Crippen molar-refractivity contribution < 1.29 is 9.67 Å². The highest BCUT2D eigenvalue weighted by molar-refractivity contribution is 5.26. The number of rotatable bonds is 2. The lowest BCUT2D eigenvalue weighted by molar-refractivity contribution is -0.672. The van der Waals surface area contributed by atoms with Gasteiger partial charge in [-0.1, -0.05) is 0 Å². The standard InChI is InChI=1S/C11H13NO/c1-3-4-5-6-10-9-12(2)8-7-11(10)13/h7-9H,5-6H2,1-2H3/q+1. The van der Waals surface area contributed by atoms with E-state index in [0.717, 1.165) is 18.4 Å². The van der Waals surface area contributed by atoms with Crippen molar-refractivity contribution in [2.45, 2.75) is 19.8 Å². The number of aromatic nitrogens is 1. The summed E-state index contributed by atoms with van der Waals surface area (Å²) in [5.74, 6) is 5.87. The van der Waals surface area contributed by atoms with Crippen LogP contribution < -0.4 is 4.57 Å². The van der Waals surface area contributed by atoms with Crippen molar-refractivity contribution in [3.05, 3.63) is 24.0 Å². The summed E-state index contributed by atoms with van der Waals surface area (Å²) in [6.07, 6.45) is 5.13. The molecule has 0 aliphatic heterocycles. The van der Waals surface area contributed by atoms with Crippen LogP contribution in [0.1, 0.15) is 18.9 Å². The lowest BCUT2D eigenvalue weighted by atomic mass is 10.1. The van der Waals surface area contributed by atoms with Gasteiger partial charge in [-0.05, 0) is 13.3 Å². The van der Waals surface area contributed by atoms with Gasteiger partial charge in [0.2, 0.25) is 0 Å². The lowest BCUT2D eigenvalue weighted by Gasteiger charge is -1.96. The smallest absolute Gasteiger partial charge is 0.193 e. The molecule has 0 aliphatic carbocycles. The summed E-state index contributed by atoms with van der Waals surface area (Å²) in [4.78, 5) is 0. The van der Waals surface area contributed by atoms with E-state index in [2.05, 4.69) is 11.8 Å². The Morgan fingerprint density at radius 2 is 2.31 bits per heavy atom. The van der Waals surface area contributed by atoms with Crippen LogP contribution in [0.15, 0.2) is 18.5 Å². The van der Waals surface area contributed by atoms with Crippen molar-refractivity contribution in [1.29, 1.82) is 0 Å². The van der Waals surface area contributed by atoms with Crippen LogP contribution in [0.4, 0.5) is 0 Å². The van der Waals surface area contributed by atoms with Gasteiger partial charge in [-0.25, -0.2) is 4.57 Å². The van der Waals surface area contributed by atoms with Crippen molar-refractivity contribution >= 4 is 0 Å². The van der Waals surface area contributed by atoms with E-state index >= 15 is 0 Å². The fourth-order valence-electron chi connectivity index (χ4n) is 1.15. The molecule has 2 heteroatoms. The Balaban J connectivity index is 2.73. The fourth-order valence-corrected chi connectivity index (χ4v) is 1.15. The van der Waals surface area contributed by atoms with E-state index in [0.29, 0.717) is 0 Å². The molecule has 0 amide bonds. The van der Waals surface area contributed by atoms with Crippen LogP contribution in [0, 0.1) is 11.8 Å². The van der Waals surface area contributed by atoms with E-state index in [4.69, 9.17) is 0 Å². The summed E-state index contributed by atoms with van der Waals surface area (Å²) in [7, 11) is 1.91. The highest BCUT2D eigenvalue weighted by Gasteiger charge is 2.06. The molecule has 0 unspecified atom stereocenters. The monoisotopic (exact) mass is 175 g/mol. The maximum Gasteiger partial charge on any atom is 0.193 e. The summed E-state index contributed by atoms with van der Waals surface area (Å²) >= 11 is 0. The van der Waals surface area contributed by atoms with Crippen LogP contribution in [0.2, 0.25) is 0 Å². The molecule has 1 aromatic rings. The minimum atomic E-state index is 0.107. The summed E-state index contributed by atoms with van der Waals surface area (Å²) in [5.41, 5.74) is 0.841. The van der Waals surface area contributed by atoms with E-state index in [1.807, 2.05) is 24.7 Å². The zero-order chi connectivity index (χ0) is 9.68. The van der Waals surface area contributed by atoms with E-state index < -0.39 is 0 Å². The Morgan fingerprint density at radius 1 is 1.54 bits per heavy atom. The number of hydrogen-bond acceptors (Lipinski definition) is 0. The third-order valence-electron chi connectivity index (χ3n) is 1.83. The quantitative estimate of drug-likeness (QED) is 0.481. The summed E-state index contributed by atoms with van der Waals surface area (Å²) in [5, 5.41) is 11.3. The summed E-state index contributed by atoms with van der Waals surface area (Å²) in [6.45, 7) is 1.81. The van der Waals surface area contributed by atoms with Crippen LogP contribution in [0.25, 0.3) is 0 Å². The lowest BCUT2D eigenvalue weighted by Crippen LogP contribution is -2.26. The Labute approximate surface area is 78.8 Å². The van der Waals surface area contributed by atoms with Gasteiger partial charge in [0.1, 0.15) is 7.05 Å². The molecule has 0 spiro atoms. The van der Waals surface area contributed by atoms with Crippen LogP contribution in [0.3, 0.4) is 0 Å². The van der Waals surface area contributed by atoms with E-state index in [-0.39, 0.29) is 5.75 Å². The molecular formula is C11H13NO+. The molecule has 0 saturated carbocycles. The number of pyridine rings is 1. The van der Waals surface area contributed by atoms with Crippen LogP contribution in [-0.4, -0.2) is 0 Å². The third-order valence-corrected chi connectivity index (χ3v) is 1.83. The van der Waals surface area contributed by atoms with Gasteiger partial charge in [0, 0.05) is 12.5 Å². The molecule has 67 valence electrons. The van der Waals surface area contributed by atoms with Gasteiger partial charge in [-0.3, -0.25) is 5.11 Å². The SMILES string of the molecule is CC#CCCc1c[n+](C)ccc1[O]. The molecule has 1 radical (unpaired) electrons. The Bertz CT molecular complexity index is 347. The van der Waals surface area contributed by atoms with Crippen molar-refractivity contribution in [3.63, 3.8) is 0 Å². The third kappa shape index (κ3) is 2.79. The first-order valence-electron chi connectivity index (χ1n) is 4.29. The zero-order valence-corrected chi connectivity index (χ0v) is 8.00. The molecule has 1 rings (SSSR count). The topological polar surface area (TPSA) is 23.8 Å². The Hall–Kier alpha value is -1.49. The van der Waals surface area contributed by atoms with Gasteiger partial charge < -0.3 is 0 Å². The second-order valence-electron chi connectivity index (χ2n) is 2.93. The second kappa shape index (κ2) is 4.51. The molecule has 0 bridgehead atoms. The zero-order valence-electron chi connectivity index (χ0n) is 8.00. The average molecular weight is 175 g/mol. The minimum Gasteiger partial charge on any atom is -0.289 e. The Kier molecular flexibility index (Phi) is 3.33. The first-order valence-corrected chi connectivity index (χ1v) is 4.29. The molecule has 0 atom stereocenters. The van der Waals surface area contributed by atoms with Crippen LogP contribution in [0.5, 0.6) is 5.75 Å². The number of nitrogens with zero attached hydrogens (tertiary/aromatic N) is 1. The normalized spacial score (nSPS) is 9.08. The maximum absolute atomic E-state index is 11.3. The molecule has 1 heterocycles. The molecule has 1 aromatic heterocycles. The molecular weight excluding hydrogens is 162 g/mol. The fraction of sp³-hybridized carbons (Fsp3) is 0.364. The van der Waals surface area contributed by atoms with Crippen LogP contribution >= 0.6 is 0 Å². The number of hydrogen-bond donors (Lipinski definition) is 0. The molecule has 0 saturated heterocycles. The van der Waals surface area contributed by atoms with Crippen molar-refractivity contribution in [3.8, 4) is 17.6 Å². The van der Waals surface area contributed by atoms with E-state index in [9.17, 15) is 5.11 Å². The van der Waals surface area contributed by atoms with Gasteiger partial charge in [-0.15, -0.1) is 11.8 Å². The maximum atomic E-state index is 11.3. The minimum absolute atomic E-state index is 0.107. The molecule has 13 heavy (non-hydrogen) atoms. The van der Waals surface area contributed by atoms with Crippen molar-refractivity contribution in [2.24, 2.45) is 7.05 Å². The first-order chi connectivity index (χ1) is 6.24. The van der Waals surface area contributed by atoms with Gasteiger partial charge in [0.05, 0.1) is 5.56 Å². The highest BCUT2D eigenvalue weighted by atomic mass is 16.3. The van der Waals surface area contributed by atoms with Crippen molar-refractivity contribution in [2.75, 3.05) is 0 Å². The van der Waals surface area contributed by atoms with Crippen LogP contribution in [-0.2, 0) is 18.6 Å². The first kappa shape index (κ1) is 9.60. The largest absolute Gasteiger partial charge is 0.289 e. The molecule has 0 aromatic carbocycles. The van der Waals surface area contributed by atoms with Gasteiger partial charge in [-0.2, -0.15) is 0 Å². The second-order valence-corrected chi connectivity index (χ2v) is 2.93. The molecule has 0 aliphatic rings. The number of aryl methyl sites for hydroxylation is 2. The molecule has 0 N–H and O–H groups in total.